The van der Waals surface area contributed by atoms with E-state index in [0.717, 1.165) is 16.6 Å². The largest absolute Gasteiger partial charge is 0.397 e. The molecule has 3 aromatic rings. The zero-order valence-electron chi connectivity index (χ0n) is 10.6. The van der Waals surface area contributed by atoms with Crippen LogP contribution in [0.25, 0.3) is 10.9 Å². The molecule has 0 atom stereocenters. The Morgan fingerprint density at radius 1 is 1.25 bits per heavy atom. The summed E-state index contributed by atoms with van der Waals surface area (Å²) in [5.74, 6) is -0.120. The minimum atomic E-state index is -0.120. The fraction of sp³-hybridized carbons (Fsp3) is 0.0714. The van der Waals surface area contributed by atoms with Gasteiger partial charge in [-0.1, -0.05) is 0 Å². The van der Waals surface area contributed by atoms with E-state index in [4.69, 9.17) is 5.73 Å². The van der Waals surface area contributed by atoms with Crippen molar-refractivity contribution in [3.63, 3.8) is 0 Å². The minimum Gasteiger partial charge on any atom is -0.397 e. The number of pyridine rings is 1. The maximum absolute atomic E-state index is 11.9. The summed E-state index contributed by atoms with van der Waals surface area (Å²) < 4.78 is 0. The number of fused-ring (bicyclic) bond motifs is 1. The van der Waals surface area contributed by atoms with E-state index >= 15 is 0 Å². The second-order valence-electron chi connectivity index (χ2n) is 4.48. The molecule has 0 fully saturated rings. The summed E-state index contributed by atoms with van der Waals surface area (Å²) in [6.07, 6.45) is 3.47. The Kier molecular flexibility index (Phi) is 3.04. The van der Waals surface area contributed by atoms with Crippen molar-refractivity contribution in [3.8, 4) is 0 Å². The van der Waals surface area contributed by atoms with Crippen molar-refractivity contribution in [3.05, 3.63) is 48.4 Å². The van der Waals surface area contributed by atoms with Crippen molar-refractivity contribution in [2.75, 3.05) is 11.1 Å². The fourth-order valence-electron chi connectivity index (χ4n) is 1.93. The first kappa shape index (κ1) is 12.2. The number of hydrogen-bond donors (Lipinski definition) is 3. The molecule has 0 unspecified atom stereocenters. The first-order valence-electron chi connectivity index (χ1n) is 6.14. The van der Waals surface area contributed by atoms with Crippen LogP contribution >= 0.6 is 0 Å². The van der Waals surface area contributed by atoms with E-state index in [2.05, 4.69) is 20.5 Å². The van der Waals surface area contributed by atoms with E-state index in [9.17, 15) is 4.79 Å². The van der Waals surface area contributed by atoms with Crippen LogP contribution in [0.2, 0.25) is 0 Å². The van der Waals surface area contributed by atoms with Crippen LogP contribution in [-0.4, -0.2) is 21.1 Å². The zero-order chi connectivity index (χ0) is 13.9. The molecule has 1 aromatic carbocycles. The molecule has 0 aliphatic heterocycles. The van der Waals surface area contributed by atoms with Gasteiger partial charge < -0.3 is 11.1 Å². The Labute approximate surface area is 115 Å². The van der Waals surface area contributed by atoms with Gasteiger partial charge in [0, 0.05) is 16.8 Å². The highest BCUT2D eigenvalue weighted by molar-refractivity contribution is 5.94. The lowest BCUT2D eigenvalue weighted by atomic mass is 10.2. The van der Waals surface area contributed by atoms with Crippen molar-refractivity contribution in [2.45, 2.75) is 6.42 Å². The van der Waals surface area contributed by atoms with Crippen molar-refractivity contribution in [1.82, 2.24) is 15.2 Å². The number of benzene rings is 1. The number of aromatic amines is 1. The normalized spacial score (nSPS) is 10.6. The molecule has 6 heteroatoms. The van der Waals surface area contributed by atoms with Crippen LogP contribution in [0.1, 0.15) is 5.69 Å². The second kappa shape index (κ2) is 5.00. The third-order valence-electron chi connectivity index (χ3n) is 2.91. The summed E-state index contributed by atoms with van der Waals surface area (Å²) in [5.41, 5.74) is 8.49. The predicted octanol–water partition coefficient (Wildman–Crippen LogP) is 1.72. The number of nitrogen functional groups attached to an aromatic ring is 1. The Balaban J connectivity index is 1.70. The van der Waals surface area contributed by atoms with Crippen LogP contribution in [-0.2, 0) is 11.2 Å². The molecule has 1 amide bonds. The second-order valence-corrected chi connectivity index (χ2v) is 4.48. The quantitative estimate of drug-likeness (QED) is 0.673. The number of carbonyl (C=O) groups is 1. The molecule has 0 aliphatic rings. The van der Waals surface area contributed by atoms with Crippen molar-refractivity contribution < 1.29 is 4.79 Å². The standard InChI is InChI=1S/C14H13N5O/c15-10-1-2-11(16-8-10)6-14(20)18-12-3-4-13-9(5-12)7-17-19-13/h1-5,7-8H,6,15H2,(H,17,19)(H,18,20). The number of hydrogen-bond acceptors (Lipinski definition) is 4. The van der Waals surface area contributed by atoms with Gasteiger partial charge in [-0.3, -0.25) is 14.9 Å². The highest BCUT2D eigenvalue weighted by Crippen LogP contribution is 2.16. The first-order valence-corrected chi connectivity index (χ1v) is 6.14. The van der Waals surface area contributed by atoms with Gasteiger partial charge in [-0.05, 0) is 30.3 Å². The molecule has 2 aromatic heterocycles. The molecule has 100 valence electrons. The number of rotatable bonds is 3. The molecule has 6 nitrogen and oxygen atoms in total. The molecule has 0 aliphatic carbocycles. The van der Waals surface area contributed by atoms with Crippen molar-refractivity contribution in [1.29, 1.82) is 0 Å². The van der Waals surface area contributed by atoms with Gasteiger partial charge in [-0.2, -0.15) is 5.10 Å². The van der Waals surface area contributed by atoms with E-state index in [1.54, 1.807) is 24.5 Å². The van der Waals surface area contributed by atoms with Gasteiger partial charge in [-0.15, -0.1) is 0 Å². The van der Waals surface area contributed by atoms with Gasteiger partial charge in [0.25, 0.3) is 0 Å². The van der Waals surface area contributed by atoms with Gasteiger partial charge in [0.05, 0.1) is 30.0 Å². The smallest absolute Gasteiger partial charge is 0.230 e. The van der Waals surface area contributed by atoms with E-state index in [0.29, 0.717) is 11.4 Å². The summed E-state index contributed by atoms with van der Waals surface area (Å²) in [5, 5.41) is 10.6. The molecule has 2 heterocycles. The van der Waals surface area contributed by atoms with E-state index < -0.39 is 0 Å². The molecule has 0 saturated heterocycles. The number of nitrogens with zero attached hydrogens (tertiary/aromatic N) is 2. The maximum Gasteiger partial charge on any atom is 0.230 e. The van der Waals surface area contributed by atoms with Crippen LogP contribution in [0.4, 0.5) is 11.4 Å². The number of anilines is 2. The Hall–Kier alpha value is -2.89. The molecule has 0 radical (unpaired) electrons. The van der Waals surface area contributed by atoms with Crippen LogP contribution < -0.4 is 11.1 Å². The van der Waals surface area contributed by atoms with Gasteiger partial charge in [-0.25, -0.2) is 0 Å². The SMILES string of the molecule is Nc1ccc(CC(=O)Nc2ccc3[nH]ncc3c2)nc1. The minimum absolute atomic E-state index is 0.120. The molecule has 0 saturated carbocycles. The van der Waals surface area contributed by atoms with Crippen LogP contribution in [0.5, 0.6) is 0 Å². The number of nitrogens with two attached hydrogens (primary N) is 1. The summed E-state index contributed by atoms with van der Waals surface area (Å²) >= 11 is 0. The molecular weight excluding hydrogens is 254 g/mol. The first-order chi connectivity index (χ1) is 9.70. The third kappa shape index (κ3) is 2.59. The van der Waals surface area contributed by atoms with E-state index in [1.807, 2.05) is 18.2 Å². The van der Waals surface area contributed by atoms with E-state index in [1.165, 1.54) is 0 Å². The Bertz CT molecular complexity index is 748. The topological polar surface area (TPSA) is 96.7 Å². The molecule has 0 bridgehead atoms. The van der Waals surface area contributed by atoms with Crippen molar-refractivity contribution in [2.24, 2.45) is 0 Å². The number of H-pyrrole nitrogens is 1. The van der Waals surface area contributed by atoms with E-state index in [-0.39, 0.29) is 12.3 Å². The van der Waals surface area contributed by atoms with Gasteiger partial charge >= 0.3 is 0 Å². The number of nitrogens with one attached hydrogen (secondary N) is 2. The average molecular weight is 267 g/mol. The Morgan fingerprint density at radius 3 is 2.95 bits per heavy atom. The lowest BCUT2D eigenvalue weighted by Crippen LogP contribution is -2.15. The van der Waals surface area contributed by atoms with Crippen LogP contribution in [0.15, 0.2) is 42.7 Å². The lowest BCUT2D eigenvalue weighted by Gasteiger charge is -2.05. The van der Waals surface area contributed by atoms with Gasteiger partial charge in [0.1, 0.15) is 0 Å². The lowest BCUT2D eigenvalue weighted by molar-refractivity contribution is -0.115. The Morgan fingerprint density at radius 2 is 2.15 bits per heavy atom. The summed E-state index contributed by atoms with van der Waals surface area (Å²) in [6.45, 7) is 0. The van der Waals surface area contributed by atoms with Crippen molar-refractivity contribution >= 4 is 28.2 Å². The third-order valence-corrected chi connectivity index (χ3v) is 2.91. The predicted molar refractivity (Wildman–Crippen MR) is 77.1 cm³/mol. The highest BCUT2D eigenvalue weighted by atomic mass is 16.1. The molecule has 20 heavy (non-hydrogen) atoms. The van der Waals surface area contributed by atoms with Crippen LogP contribution in [0.3, 0.4) is 0 Å². The highest BCUT2D eigenvalue weighted by Gasteiger charge is 2.06. The molecule has 4 N–H and O–H groups in total. The van der Waals surface area contributed by atoms with Gasteiger partial charge in [0.15, 0.2) is 0 Å². The zero-order valence-corrected chi connectivity index (χ0v) is 10.6. The molecule has 3 rings (SSSR count). The number of carbonyl (C=O) groups excluding carboxylic acids is 1. The number of amides is 1. The summed E-state index contributed by atoms with van der Waals surface area (Å²) in [4.78, 5) is 16.0. The fourth-order valence-corrected chi connectivity index (χ4v) is 1.93. The summed E-state index contributed by atoms with van der Waals surface area (Å²) in [6, 6.07) is 9.04. The molecular formula is C14H13N5O. The monoisotopic (exact) mass is 267 g/mol. The molecule has 0 spiro atoms. The number of aromatic nitrogens is 3. The average Bonchev–Trinajstić information content (AvgIpc) is 2.89. The van der Waals surface area contributed by atoms with Crippen LogP contribution in [0, 0.1) is 0 Å². The summed E-state index contributed by atoms with van der Waals surface area (Å²) in [7, 11) is 0. The maximum atomic E-state index is 11.9. The van der Waals surface area contributed by atoms with Gasteiger partial charge in [0.2, 0.25) is 5.91 Å².